The van der Waals surface area contributed by atoms with Crippen LogP contribution in [0.25, 0.3) is 10.9 Å². The van der Waals surface area contributed by atoms with Crippen molar-refractivity contribution in [2.24, 2.45) is 0 Å². The predicted molar refractivity (Wildman–Crippen MR) is 124 cm³/mol. The van der Waals surface area contributed by atoms with E-state index in [9.17, 15) is 19.0 Å². The maximum absolute atomic E-state index is 15.3. The van der Waals surface area contributed by atoms with Crippen LogP contribution in [0, 0.1) is 12.7 Å². The summed E-state index contributed by atoms with van der Waals surface area (Å²) in [4.78, 5) is 8.86. The number of rotatable bonds is 8. The van der Waals surface area contributed by atoms with Gasteiger partial charge < -0.3 is 25.0 Å². The second kappa shape index (κ2) is 8.83. The Kier molecular flexibility index (Phi) is 6.31. The van der Waals surface area contributed by atoms with Gasteiger partial charge in [-0.2, -0.15) is 8.78 Å². The lowest BCUT2D eigenvalue weighted by atomic mass is 9.91. The number of nitrogens with one attached hydrogen (secondary N) is 1. The Morgan fingerprint density at radius 2 is 1.86 bits per heavy atom. The third-order valence-electron chi connectivity index (χ3n) is 6.03. The van der Waals surface area contributed by atoms with E-state index in [0.29, 0.717) is 40.5 Å². The molecule has 2 aromatic carbocycles. The molecule has 1 aliphatic carbocycles. The number of aliphatic hydroxyl groups is 2. The lowest BCUT2D eigenvalue weighted by molar-refractivity contribution is -0.170. The number of benzene rings is 2. The molecule has 1 heterocycles. The number of hydrogen-bond acceptors (Lipinski definition) is 7. The number of hydrogen-bond donors (Lipinski definition) is 3. The van der Waals surface area contributed by atoms with Gasteiger partial charge in [0.2, 0.25) is 0 Å². The summed E-state index contributed by atoms with van der Waals surface area (Å²) in [7, 11) is 1.49. The highest BCUT2D eigenvalue weighted by Gasteiger charge is 2.49. The summed E-state index contributed by atoms with van der Waals surface area (Å²) < 4.78 is 56.0. The number of aliphatic hydroxyl groups excluding tert-OH is 1. The number of alkyl halides is 2. The lowest BCUT2D eigenvalue weighted by Gasteiger charge is -2.30. The molecule has 1 saturated carbocycles. The number of ether oxygens (including phenoxy) is 2. The molecule has 4 rings (SSSR count). The molecule has 0 aliphatic heterocycles. The molecule has 3 N–H and O–H groups in total. The number of methoxy groups -OCH3 is 1. The number of anilines is 1. The summed E-state index contributed by atoms with van der Waals surface area (Å²) in [6, 6.07) is 6.28. The highest BCUT2D eigenvalue weighted by atomic mass is 19.3. The molecule has 188 valence electrons. The first-order valence-electron chi connectivity index (χ1n) is 11.2. The number of halogens is 3. The molecular formula is C25H28F3N3O4. The van der Waals surface area contributed by atoms with Gasteiger partial charge in [-0.25, -0.2) is 14.4 Å². The molecular weight excluding hydrogens is 463 g/mol. The Bertz CT molecular complexity index is 1260. The summed E-state index contributed by atoms with van der Waals surface area (Å²) in [6.07, 6.45) is -0.365. The van der Waals surface area contributed by atoms with Gasteiger partial charge in [0.05, 0.1) is 30.3 Å². The van der Waals surface area contributed by atoms with Crippen LogP contribution in [0.3, 0.4) is 0 Å². The molecule has 3 aromatic rings. The first-order valence-corrected chi connectivity index (χ1v) is 11.2. The lowest BCUT2D eigenvalue weighted by Crippen LogP contribution is -2.41. The molecule has 3 atom stereocenters. The zero-order chi connectivity index (χ0) is 25.7. The molecule has 0 spiro atoms. The smallest absolute Gasteiger partial charge is 0.303 e. The predicted octanol–water partition coefficient (Wildman–Crippen LogP) is 4.63. The van der Waals surface area contributed by atoms with Crippen LogP contribution in [0.1, 0.15) is 50.2 Å². The van der Waals surface area contributed by atoms with Crippen molar-refractivity contribution < 1.29 is 32.9 Å². The van der Waals surface area contributed by atoms with E-state index in [1.807, 2.05) is 0 Å². The molecule has 1 fully saturated rings. The van der Waals surface area contributed by atoms with E-state index in [4.69, 9.17) is 9.47 Å². The standard InChI is InChI=1S/C25H28F3N3O4/c1-12(14-7-6-8-16(22(14)26)25(27,28)24(3,4)33)29-23-15-9-21(35-19-11-18(19)32)20(34-5)10-17(15)30-13(2)31-23/h6-10,12,18-19,32-33H,11H2,1-5H3,(H,29,30,31)/t12-,18?,19?/m1/s1. The van der Waals surface area contributed by atoms with E-state index in [1.54, 1.807) is 26.0 Å². The van der Waals surface area contributed by atoms with Crippen LogP contribution < -0.4 is 14.8 Å². The fourth-order valence-electron chi connectivity index (χ4n) is 3.80. The zero-order valence-electron chi connectivity index (χ0n) is 20.1. The van der Waals surface area contributed by atoms with Crippen molar-refractivity contribution in [2.45, 2.75) is 63.9 Å². The van der Waals surface area contributed by atoms with E-state index in [0.717, 1.165) is 19.9 Å². The molecule has 0 saturated heterocycles. The van der Waals surface area contributed by atoms with Gasteiger partial charge in [0.1, 0.15) is 29.2 Å². The average Bonchev–Trinajstić information content (AvgIpc) is 3.46. The maximum Gasteiger partial charge on any atom is 0.303 e. The van der Waals surface area contributed by atoms with Gasteiger partial charge in [-0.1, -0.05) is 12.1 Å². The van der Waals surface area contributed by atoms with Crippen molar-refractivity contribution in [3.63, 3.8) is 0 Å². The minimum atomic E-state index is -3.80. The Hall–Kier alpha value is -3.11. The monoisotopic (exact) mass is 491 g/mol. The van der Waals surface area contributed by atoms with Gasteiger partial charge in [-0.05, 0) is 39.8 Å². The minimum absolute atomic E-state index is 0.0121. The van der Waals surface area contributed by atoms with Crippen LogP contribution >= 0.6 is 0 Å². The van der Waals surface area contributed by atoms with Crippen molar-refractivity contribution in [3.8, 4) is 11.5 Å². The van der Waals surface area contributed by atoms with E-state index in [-0.39, 0.29) is 11.7 Å². The van der Waals surface area contributed by atoms with Crippen LogP contribution in [0.2, 0.25) is 0 Å². The van der Waals surface area contributed by atoms with E-state index >= 15 is 4.39 Å². The summed E-state index contributed by atoms with van der Waals surface area (Å²) >= 11 is 0. The van der Waals surface area contributed by atoms with Crippen molar-refractivity contribution in [3.05, 3.63) is 53.1 Å². The molecule has 2 unspecified atom stereocenters. The highest BCUT2D eigenvalue weighted by molar-refractivity contribution is 5.92. The molecule has 1 aliphatic rings. The Morgan fingerprint density at radius 3 is 2.46 bits per heavy atom. The topological polar surface area (TPSA) is 96.7 Å². The van der Waals surface area contributed by atoms with E-state index < -0.39 is 35.1 Å². The number of nitrogens with zero attached hydrogens (tertiary/aromatic N) is 2. The fraction of sp³-hybridized carbons (Fsp3) is 0.440. The van der Waals surface area contributed by atoms with Crippen LogP contribution in [-0.4, -0.2) is 45.1 Å². The van der Waals surface area contributed by atoms with Gasteiger partial charge in [0.15, 0.2) is 11.5 Å². The second-order valence-electron chi connectivity index (χ2n) is 9.31. The van der Waals surface area contributed by atoms with Crippen LogP contribution in [-0.2, 0) is 5.92 Å². The number of aryl methyl sites for hydroxylation is 1. The maximum atomic E-state index is 15.3. The van der Waals surface area contributed by atoms with Crippen molar-refractivity contribution in [1.29, 1.82) is 0 Å². The minimum Gasteiger partial charge on any atom is -0.493 e. The largest absolute Gasteiger partial charge is 0.493 e. The summed E-state index contributed by atoms with van der Waals surface area (Å²) in [6.45, 7) is 5.18. The third-order valence-corrected chi connectivity index (χ3v) is 6.03. The van der Waals surface area contributed by atoms with Gasteiger partial charge in [-0.15, -0.1) is 0 Å². The average molecular weight is 492 g/mol. The SMILES string of the molecule is COc1cc2nc(C)nc(N[C@H](C)c3cccc(C(F)(F)C(C)(C)O)c3F)c2cc1OC1CC1O. The van der Waals surface area contributed by atoms with Gasteiger partial charge in [0, 0.05) is 23.4 Å². The van der Waals surface area contributed by atoms with Gasteiger partial charge in [-0.3, -0.25) is 0 Å². The van der Waals surface area contributed by atoms with Crippen molar-refractivity contribution in [1.82, 2.24) is 9.97 Å². The molecule has 0 radical (unpaired) electrons. The van der Waals surface area contributed by atoms with Crippen molar-refractivity contribution >= 4 is 16.7 Å². The quantitative estimate of drug-likeness (QED) is 0.423. The highest BCUT2D eigenvalue weighted by Crippen LogP contribution is 2.42. The number of aromatic nitrogens is 2. The van der Waals surface area contributed by atoms with Crippen LogP contribution in [0.4, 0.5) is 19.0 Å². The third kappa shape index (κ3) is 4.72. The summed E-state index contributed by atoms with van der Waals surface area (Å²) in [5.74, 6) is -3.31. The van der Waals surface area contributed by atoms with Crippen LogP contribution in [0.5, 0.6) is 11.5 Å². The molecule has 7 nitrogen and oxygen atoms in total. The van der Waals surface area contributed by atoms with Gasteiger partial charge in [0.25, 0.3) is 0 Å². The first kappa shape index (κ1) is 25.0. The van der Waals surface area contributed by atoms with Crippen molar-refractivity contribution in [2.75, 3.05) is 12.4 Å². The Labute approximate surface area is 200 Å². The fourth-order valence-corrected chi connectivity index (χ4v) is 3.80. The normalized spacial score (nSPS) is 18.9. The molecule has 0 bridgehead atoms. The van der Waals surface area contributed by atoms with Crippen LogP contribution in [0.15, 0.2) is 30.3 Å². The summed E-state index contributed by atoms with van der Waals surface area (Å²) in [5, 5.41) is 23.2. The zero-order valence-corrected chi connectivity index (χ0v) is 20.1. The van der Waals surface area contributed by atoms with E-state index in [1.165, 1.54) is 19.2 Å². The number of fused-ring (bicyclic) bond motifs is 1. The first-order chi connectivity index (χ1) is 16.3. The molecule has 10 heteroatoms. The molecule has 1 aromatic heterocycles. The Morgan fingerprint density at radius 1 is 1.17 bits per heavy atom. The summed E-state index contributed by atoms with van der Waals surface area (Å²) in [5.41, 5.74) is -2.81. The molecule has 35 heavy (non-hydrogen) atoms. The van der Waals surface area contributed by atoms with Gasteiger partial charge >= 0.3 is 5.92 Å². The van der Waals surface area contributed by atoms with E-state index in [2.05, 4.69) is 15.3 Å². The molecule has 0 amide bonds. The second-order valence-corrected chi connectivity index (χ2v) is 9.31. The Balaban J connectivity index is 1.73.